The molecule has 0 aliphatic carbocycles. The third kappa shape index (κ3) is 3.32. The fourth-order valence-electron chi connectivity index (χ4n) is 2.97. The molecule has 4 rings (SSSR count). The highest BCUT2D eigenvalue weighted by Gasteiger charge is 2.12. The molecule has 4 aromatic rings. The van der Waals surface area contributed by atoms with Gasteiger partial charge in [-0.2, -0.15) is 5.10 Å². The summed E-state index contributed by atoms with van der Waals surface area (Å²) >= 11 is 0. The van der Waals surface area contributed by atoms with Crippen molar-refractivity contribution in [2.45, 2.75) is 13.1 Å². The highest BCUT2D eigenvalue weighted by atomic mass is 16.1. The lowest BCUT2D eigenvalue weighted by Gasteiger charge is -2.04. The van der Waals surface area contributed by atoms with Crippen LogP contribution in [0.25, 0.3) is 10.9 Å². The van der Waals surface area contributed by atoms with E-state index < -0.39 is 0 Å². The highest BCUT2D eigenvalue weighted by molar-refractivity contribution is 5.94. The van der Waals surface area contributed by atoms with E-state index in [9.17, 15) is 4.79 Å². The maximum atomic E-state index is 12.3. The van der Waals surface area contributed by atoms with Crippen molar-refractivity contribution >= 4 is 16.8 Å². The number of nitrogens with zero attached hydrogens (tertiary/aromatic N) is 3. The first kappa shape index (κ1) is 16.0. The maximum Gasteiger partial charge on any atom is 0.251 e. The Morgan fingerprint density at radius 1 is 0.923 bits per heavy atom. The molecule has 0 spiro atoms. The Balaban J connectivity index is 1.58. The molecule has 0 fully saturated rings. The monoisotopic (exact) mass is 342 g/mol. The van der Waals surface area contributed by atoms with Crippen LogP contribution < -0.4 is 5.32 Å². The van der Waals surface area contributed by atoms with Gasteiger partial charge in [-0.25, -0.2) is 0 Å². The predicted molar refractivity (Wildman–Crippen MR) is 101 cm³/mol. The van der Waals surface area contributed by atoms with Gasteiger partial charge in [0.25, 0.3) is 5.91 Å². The van der Waals surface area contributed by atoms with Gasteiger partial charge in [0, 0.05) is 23.3 Å². The zero-order valence-corrected chi connectivity index (χ0v) is 14.2. The second-order valence-corrected chi connectivity index (χ2v) is 6.03. The van der Waals surface area contributed by atoms with Crippen molar-refractivity contribution in [3.8, 4) is 0 Å². The van der Waals surface area contributed by atoms with Gasteiger partial charge in [-0.1, -0.05) is 48.5 Å². The van der Waals surface area contributed by atoms with Crippen LogP contribution in [0, 0.1) is 0 Å². The average Bonchev–Trinajstić information content (AvgIpc) is 3.05. The number of nitrogens with one attached hydrogen (secondary N) is 1. The van der Waals surface area contributed by atoms with E-state index >= 15 is 0 Å². The van der Waals surface area contributed by atoms with Crippen LogP contribution in [-0.4, -0.2) is 20.7 Å². The number of hydrogen-bond acceptors (Lipinski definition) is 3. The molecule has 2 aromatic carbocycles. The molecule has 0 aliphatic rings. The Morgan fingerprint density at radius 3 is 2.46 bits per heavy atom. The van der Waals surface area contributed by atoms with E-state index in [0.29, 0.717) is 18.7 Å². The van der Waals surface area contributed by atoms with Gasteiger partial charge >= 0.3 is 0 Å². The first-order valence-corrected chi connectivity index (χ1v) is 8.48. The van der Waals surface area contributed by atoms with E-state index in [-0.39, 0.29) is 5.91 Å². The molecule has 1 N–H and O–H groups in total. The number of para-hydroxylation sites is 1. The summed E-state index contributed by atoms with van der Waals surface area (Å²) in [4.78, 5) is 16.2. The molecule has 2 aromatic heterocycles. The van der Waals surface area contributed by atoms with E-state index in [1.165, 1.54) is 5.56 Å². The number of carbonyl (C=O) groups excluding carboxylic acids is 1. The molecule has 5 nitrogen and oxygen atoms in total. The molecular formula is C21H18N4O. The molecule has 0 radical (unpaired) electrons. The lowest BCUT2D eigenvalue weighted by Crippen LogP contribution is -2.23. The largest absolute Gasteiger partial charge is 0.346 e. The minimum atomic E-state index is -0.130. The van der Waals surface area contributed by atoms with Gasteiger partial charge in [-0.15, -0.1) is 0 Å². The van der Waals surface area contributed by atoms with Crippen molar-refractivity contribution < 1.29 is 4.79 Å². The summed E-state index contributed by atoms with van der Waals surface area (Å²) in [5.74, 6) is -0.130. The molecular weight excluding hydrogens is 324 g/mol. The number of hydrogen-bond donors (Lipinski definition) is 1. The topological polar surface area (TPSA) is 59.8 Å². The zero-order valence-electron chi connectivity index (χ0n) is 14.2. The third-order valence-corrected chi connectivity index (χ3v) is 4.27. The van der Waals surface area contributed by atoms with E-state index in [1.54, 1.807) is 24.5 Å². The summed E-state index contributed by atoms with van der Waals surface area (Å²) in [7, 11) is 0. The Labute approximate surface area is 151 Å². The SMILES string of the molecule is O=C(NCc1nn(Cc2ccccc2)c2ccccc12)c1ccncc1. The number of rotatable bonds is 5. The summed E-state index contributed by atoms with van der Waals surface area (Å²) < 4.78 is 1.98. The lowest BCUT2D eigenvalue weighted by atomic mass is 10.2. The van der Waals surface area contributed by atoms with E-state index in [4.69, 9.17) is 5.10 Å². The van der Waals surface area contributed by atoms with Crippen LogP contribution in [0.5, 0.6) is 0 Å². The molecule has 0 aliphatic heterocycles. The molecule has 2 heterocycles. The van der Waals surface area contributed by atoms with Gasteiger partial charge in [0.1, 0.15) is 0 Å². The number of pyridine rings is 1. The summed E-state index contributed by atoms with van der Waals surface area (Å²) in [6, 6.07) is 21.7. The van der Waals surface area contributed by atoms with Crippen molar-refractivity contribution in [3.05, 3.63) is 95.9 Å². The molecule has 0 bridgehead atoms. The minimum absolute atomic E-state index is 0.130. The number of benzene rings is 2. The summed E-state index contributed by atoms with van der Waals surface area (Å²) in [5, 5.41) is 8.74. The molecule has 0 saturated carbocycles. The standard InChI is InChI=1S/C21H18N4O/c26-21(17-10-12-22-13-11-17)23-14-19-18-8-4-5-9-20(18)25(24-19)15-16-6-2-1-3-7-16/h1-13H,14-15H2,(H,23,26). The summed E-state index contributed by atoms with van der Waals surface area (Å²) in [6.07, 6.45) is 3.22. The highest BCUT2D eigenvalue weighted by Crippen LogP contribution is 2.19. The fraction of sp³-hybridized carbons (Fsp3) is 0.0952. The van der Waals surface area contributed by atoms with Crippen LogP contribution in [0.3, 0.4) is 0 Å². The third-order valence-electron chi connectivity index (χ3n) is 4.27. The van der Waals surface area contributed by atoms with Gasteiger partial charge in [0.2, 0.25) is 0 Å². The fourth-order valence-corrected chi connectivity index (χ4v) is 2.97. The summed E-state index contributed by atoms with van der Waals surface area (Å²) in [5.41, 5.74) is 3.70. The Kier molecular flexibility index (Phi) is 4.43. The number of carbonyl (C=O) groups is 1. The van der Waals surface area contributed by atoms with E-state index in [2.05, 4.69) is 28.5 Å². The molecule has 26 heavy (non-hydrogen) atoms. The minimum Gasteiger partial charge on any atom is -0.346 e. The van der Waals surface area contributed by atoms with Crippen LogP contribution in [0.2, 0.25) is 0 Å². The van der Waals surface area contributed by atoms with Crippen molar-refractivity contribution in [1.82, 2.24) is 20.1 Å². The van der Waals surface area contributed by atoms with Crippen molar-refractivity contribution in [2.24, 2.45) is 0 Å². The van der Waals surface area contributed by atoms with Gasteiger partial charge in [0.15, 0.2) is 0 Å². The number of aromatic nitrogens is 3. The zero-order chi connectivity index (χ0) is 17.8. The van der Waals surface area contributed by atoms with Crippen molar-refractivity contribution in [3.63, 3.8) is 0 Å². The molecule has 1 amide bonds. The quantitative estimate of drug-likeness (QED) is 0.605. The Bertz CT molecular complexity index is 1030. The molecule has 0 unspecified atom stereocenters. The van der Waals surface area contributed by atoms with Crippen LogP contribution >= 0.6 is 0 Å². The number of fused-ring (bicyclic) bond motifs is 1. The van der Waals surface area contributed by atoms with E-state index in [0.717, 1.165) is 16.6 Å². The van der Waals surface area contributed by atoms with Crippen LogP contribution in [0.4, 0.5) is 0 Å². The first-order valence-electron chi connectivity index (χ1n) is 8.48. The second-order valence-electron chi connectivity index (χ2n) is 6.03. The Hall–Kier alpha value is -3.47. The smallest absolute Gasteiger partial charge is 0.251 e. The molecule has 128 valence electrons. The van der Waals surface area contributed by atoms with Gasteiger partial charge in [-0.3, -0.25) is 14.5 Å². The number of amides is 1. The molecule has 0 atom stereocenters. The van der Waals surface area contributed by atoms with Gasteiger partial charge in [-0.05, 0) is 23.8 Å². The first-order chi connectivity index (χ1) is 12.8. The molecule has 5 heteroatoms. The second kappa shape index (κ2) is 7.19. The van der Waals surface area contributed by atoms with Crippen LogP contribution in [0.1, 0.15) is 21.6 Å². The normalized spacial score (nSPS) is 10.8. The Morgan fingerprint density at radius 2 is 1.65 bits per heavy atom. The average molecular weight is 342 g/mol. The van der Waals surface area contributed by atoms with E-state index in [1.807, 2.05) is 41.1 Å². The summed E-state index contributed by atoms with van der Waals surface area (Å²) in [6.45, 7) is 1.07. The maximum absolute atomic E-state index is 12.3. The van der Waals surface area contributed by atoms with Crippen LogP contribution in [-0.2, 0) is 13.1 Å². The van der Waals surface area contributed by atoms with Crippen molar-refractivity contribution in [2.75, 3.05) is 0 Å². The lowest BCUT2D eigenvalue weighted by molar-refractivity contribution is 0.0950. The molecule has 0 saturated heterocycles. The van der Waals surface area contributed by atoms with Crippen LogP contribution in [0.15, 0.2) is 79.1 Å². The van der Waals surface area contributed by atoms with Crippen molar-refractivity contribution in [1.29, 1.82) is 0 Å². The van der Waals surface area contributed by atoms with Gasteiger partial charge < -0.3 is 5.32 Å². The predicted octanol–water partition coefficient (Wildman–Crippen LogP) is 3.41. The van der Waals surface area contributed by atoms with Gasteiger partial charge in [0.05, 0.1) is 24.3 Å².